The molecule has 0 saturated carbocycles. The largest absolute Gasteiger partial charge is 0.489 e. The van der Waals surface area contributed by atoms with Gasteiger partial charge in [-0.1, -0.05) is 12.1 Å². The molecule has 0 heterocycles. The molecule has 0 aliphatic carbocycles. The summed E-state index contributed by atoms with van der Waals surface area (Å²) in [4.78, 5) is 15.7. The Balaban J connectivity index is 0.00000392. The number of benzene rings is 2. The summed E-state index contributed by atoms with van der Waals surface area (Å²) in [5.74, 6) is 0.855. The molecule has 0 fully saturated rings. The number of amides is 1. The molecule has 6 nitrogen and oxygen atoms in total. The molecule has 1 unspecified atom stereocenters. The third-order valence-corrected chi connectivity index (χ3v) is 3.83. The van der Waals surface area contributed by atoms with E-state index >= 15 is 0 Å². The van der Waals surface area contributed by atoms with E-state index in [-0.39, 0.29) is 41.8 Å². The minimum atomic E-state index is -0.291. The molecule has 2 aromatic carbocycles. The minimum absolute atomic E-state index is 0. The van der Waals surface area contributed by atoms with Gasteiger partial charge in [0.2, 0.25) is 0 Å². The maximum absolute atomic E-state index is 12.9. The predicted octanol–water partition coefficient (Wildman–Crippen LogP) is 2.94. The lowest BCUT2D eigenvalue weighted by molar-refractivity contribution is 0.0963. The number of nitrogens with zero attached hydrogens (tertiary/aromatic N) is 1. The summed E-state index contributed by atoms with van der Waals surface area (Å²) in [7, 11) is 3.30. The van der Waals surface area contributed by atoms with Gasteiger partial charge in [-0.15, -0.1) is 24.0 Å². The Morgan fingerprint density at radius 3 is 2.32 bits per heavy atom. The van der Waals surface area contributed by atoms with Crippen LogP contribution in [-0.4, -0.2) is 38.6 Å². The lowest BCUT2D eigenvalue weighted by Crippen LogP contribution is -2.41. The number of carbonyl (C=O) groups excluding carboxylic acids is 1. The molecule has 0 saturated heterocycles. The van der Waals surface area contributed by atoms with Crippen LogP contribution in [0, 0.1) is 5.82 Å². The molecule has 0 radical (unpaired) electrons. The van der Waals surface area contributed by atoms with Gasteiger partial charge in [0, 0.05) is 26.2 Å². The van der Waals surface area contributed by atoms with Crippen molar-refractivity contribution < 1.29 is 13.9 Å². The molecule has 0 aromatic heterocycles. The topological polar surface area (TPSA) is 74.8 Å². The van der Waals surface area contributed by atoms with E-state index in [0.717, 1.165) is 5.56 Å². The van der Waals surface area contributed by atoms with Gasteiger partial charge in [-0.25, -0.2) is 4.39 Å². The molecule has 3 N–H and O–H groups in total. The van der Waals surface area contributed by atoms with Crippen LogP contribution in [0.15, 0.2) is 53.5 Å². The maximum Gasteiger partial charge on any atom is 0.251 e. The van der Waals surface area contributed by atoms with Gasteiger partial charge in [-0.05, 0) is 48.9 Å². The summed E-state index contributed by atoms with van der Waals surface area (Å²) in [6.07, 6.45) is -0.124. The molecule has 2 aromatic rings. The van der Waals surface area contributed by atoms with Crippen molar-refractivity contribution in [2.75, 3.05) is 20.6 Å². The van der Waals surface area contributed by atoms with Crippen molar-refractivity contribution in [2.45, 2.75) is 19.6 Å². The zero-order valence-electron chi connectivity index (χ0n) is 16.2. The average Bonchev–Trinajstić information content (AvgIpc) is 2.69. The van der Waals surface area contributed by atoms with Gasteiger partial charge in [0.05, 0.1) is 6.54 Å². The summed E-state index contributed by atoms with van der Waals surface area (Å²) in [6, 6.07) is 13.3. The van der Waals surface area contributed by atoms with Crippen molar-refractivity contribution in [3.63, 3.8) is 0 Å². The minimum Gasteiger partial charge on any atom is -0.489 e. The van der Waals surface area contributed by atoms with Crippen LogP contribution in [0.5, 0.6) is 5.75 Å². The van der Waals surface area contributed by atoms with Crippen LogP contribution in [0.25, 0.3) is 0 Å². The molecule has 0 bridgehead atoms. The fraction of sp³-hybridized carbons (Fsp3) is 0.300. The zero-order valence-corrected chi connectivity index (χ0v) is 18.5. The Bertz CT molecular complexity index is 767. The summed E-state index contributed by atoms with van der Waals surface area (Å²) in [5.41, 5.74) is 1.65. The van der Waals surface area contributed by atoms with Crippen molar-refractivity contribution in [2.24, 2.45) is 4.99 Å². The lowest BCUT2D eigenvalue weighted by atomic mass is 10.1. The molecule has 152 valence electrons. The summed E-state index contributed by atoms with van der Waals surface area (Å²) < 4.78 is 18.6. The Morgan fingerprint density at radius 2 is 1.75 bits per heavy atom. The monoisotopic (exact) mass is 500 g/mol. The number of guanidine groups is 1. The van der Waals surface area contributed by atoms with Gasteiger partial charge in [0.15, 0.2) is 5.96 Å². The van der Waals surface area contributed by atoms with E-state index in [2.05, 4.69) is 20.9 Å². The van der Waals surface area contributed by atoms with Gasteiger partial charge in [-0.2, -0.15) is 0 Å². The molecule has 8 heteroatoms. The molecular formula is C20H26FIN4O2. The van der Waals surface area contributed by atoms with E-state index in [1.165, 1.54) is 12.1 Å². The number of nitrogens with one attached hydrogen (secondary N) is 3. The van der Waals surface area contributed by atoms with E-state index in [1.54, 1.807) is 38.4 Å². The van der Waals surface area contributed by atoms with E-state index in [9.17, 15) is 9.18 Å². The molecule has 28 heavy (non-hydrogen) atoms. The fourth-order valence-electron chi connectivity index (χ4n) is 2.35. The van der Waals surface area contributed by atoms with Crippen molar-refractivity contribution in [3.8, 4) is 5.75 Å². The first-order chi connectivity index (χ1) is 13.0. The molecule has 0 aliphatic heterocycles. The van der Waals surface area contributed by atoms with Crippen LogP contribution in [0.4, 0.5) is 4.39 Å². The number of halogens is 2. The first-order valence-corrected chi connectivity index (χ1v) is 8.69. The first kappa shape index (κ1) is 23.7. The van der Waals surface area contributed by atoms with E-state index in [1.807, 2.05) is 19.1 Å². The number of aliphatic imine (C=N–C) groups is 1. The number of rotatable bonds is 7. The summed E-state index contributed by atoms with van der Waals surface area (Å²) >= 11 is 0. The van der Waals surface area contributed by atoms with Gasteiger partial charge < -0.3 is 20.7 Å². The Hall–Kier alpha value is -2.36. The molecule has 0 spiro atoms. The molecule has 2 rings (SSSR count). The van der Waals surface area contributed by atoms with Crippen LogP contribution < -0.4 is 20.7 Å². The Morgan fingerprint density at radius 1 is 1.11 bits per heavy atom. The Labute approximate surface area is 182 Å². The lowest BCUT2D eigenvalue weighted by Gasteiger charge is -2.18. The molecular weight excluding hydrogens is 474 g/mol. The average molecular weight is 500 g/mol. The standard InChI is InChI=1S/C20H25FN4O2.HI/c1-14(27-18-10-8-17(21)9-11-18)12-24-20(23-3)25-13-15-4-6-16(7-5-15)19(26)22-2;/h4-11,14H,12-13H2,1-3H3,(H,22,26)(H2,23,24,25);1H. The van der Waals surface area contributed by atoms with Gasteiger partial charge in [0.25, 0.3) is 5.91 Å². The second-order valence-electron chi connectivity index (χ2n) is 5.97. The maximum atomic E-state index is 12.9. The Kier molecular flexibility index (Phi) is 10.3. The van der Waals surface area contributed by atoms with Gasteiger partial charge in [-0.3, -0.25) is 9.79 Å². The number of hydrogen-bond acceptors (Lipinski definition) is 3. The fourth-order valence-corrected chi connectivity index (χ4v) is 2.35. The van der Waals surface area contributed by atoms with E-state index in [4.69, 9.17) is 4.74 Å². The molecule has 1 atom stereocenters. The second kappa shape index (κ2) is 12.2. The number of carbonyl (C=O) groups is 1. The van der Waals surface area contributed by atoms with Crippen molar-refractivity contribution in [1.82, 2.24) is 16.0 Å². The second-order valence-corrected chi connectivity index (χ2v) is 5.97. The van der Waals surface area contributed by atoms with Crippen LogP contribution in [-0.2, 0) is 6.54 Å². The van der Waals surface area contributed by atoms with Crippen molar-refractivity contribution in [1.29, 1.82) is 0 Å². The summed E-state index contributed by atoms with van der Waals surface area (Å²) in [6.45, 7) is 3.02. The number of ether oxygens (including phenoxy) is 1. The SMILES string of the molecule is CN=C(NCc1ccc(C(=O)NC)cc1)NCC(C)Oc1ccc(F)cc1.I. The van der Waals surface area contributed by atoms with Crippen molar-refractivity contribution in [3.05, 3.63) is 65.5 Å². The quantitative estimate of drug-likeness (QED) is 0.311. The normalized spacial score (nSPS) is 11.8. The zero-order chi connectivity index (χ0) is 19.6. The van der Waals surface area contributed by atoms with Gasteiger partial charge >= 0.3 is 0 Å². The third-order valence-electron chi connectivity index (χ3n) is 3.83. The highest BCUT2D eigenvalue weighted by Gasteiger charge is 2.07. The summed E-state index contributed by atoms with van der Waals surface area (Å²) in [5, 5.41) is 8.99. The van der Waals surface area contributed by atoms with Crippen LogP contribution in [0.2, 0.25) is 0 Å². The highest BCUT2D eigenvalue weighted by molar-refractivity contribution is 14.0. The van der Waals surface area contributed by atoms with Gasteiger partial charge in [0.1, 0.15) is 17.7 Å². The molecule has 0 aliphatic rings. The van der Waals surface area contributed by atoms with Crippen molar-refractivity contribution >= 4 is 35.8 Å². The number of hydrogen-bond donors (Lipinski definition) is 3. The highest BCUT2D eigenvalue weighted by Crippen LogP contribution is 2.12. The van der Waals surface area contributed by atoms with Crippen LogP contribution >= 0.6 is 24.0 Å². The predicted molar refractivity (Wildman–Crippen MR) is 120 cm³/mol. The molecule has 1 amide bonds. The van der Waals surface area contributed by atoms with Crippen LogP contribution in [0.1, 0.15) is 22.8 Å². The van der Waals surface area contributed by atoms with E-state index < -0.39 is 0 Å². The third kappa shape index (κ3) is 7.71. The highest BCUT2D eigenvalue weighted by atomic mass is 127. The van der Waals surface area contributed by atoms with E-state index in [0.29, 0.717) is 30.4 Å². The van der Waals surface area contributed by atoms with Crippen LogP contribution in [0.3, 0.4) is 0 Å². The smallest absolute Gasteiger partial charge is 0.251 e. The first-order valence-electron chi connectivity index (χ1n) is 8.69.